The number of nitrogens with one attached hydrogen (secondary N) is 1. The smallest absolute Gasteiger partial charge is 0.161 e. The molecule has 1 aromatic heterocycles. The first kappa shape index (κ1) is 26.8. The van der Waals surface area contributed by atoms with Crippen LogP contribution in [0.5, 0.6) is 0 Å². The highest BCUT2D eigenvalue weighted by molar-refractivity contribution is 7.21. The highest BCUT2D eigenvalue weighted by Gasteiger charge is 2.15. The molecule has 212 valence electrons. The fourth-order valence-corrected chi connectivity index (χ4v) is 6.83. The Kier molecular flexibility index (Phi) is 6.78. The van der Waals surface area contributed by atoms with E-state index in [1.54, 1.807) is 17.6 Å². The minimum absolute atomic E-state index is 0.155. The molecule has 45 heavy (non-hydrogen) atoms. The number of fused-ring (bicyclic) bond motifs is 6. The van der Waals surface area contributed by atoms with Crippen molar-refractivity contribution in [1.29, 1.82) is 5.41 Å². The van der Waals surface area contributed by atoms with Crippen LogP contribution in [-0.2, 0) is 0 Å². The van der Waals surface area contributed by atoms with Crippen molar-refractivity contribution < 1.29 is 0 Å². The molecule has 0 bridgehead atoms. The zero-order valence-electron chi connectivity index (χ0n) is 24.2. The fourth-order valence-electron chi connectivity index (χ4n) is 5.81. The van der Waals surface area contributed by atoms with Crippen molar-refractivity contribution in [2.75, 3.05) is 0 Å². The Labute approximate surface area is 264 Å². The molecular weight excluding hydrogens is 569 g/mol. The average molecular weight is 595 g/mol. The van der Waals surface area contributed by atoms with Crippen LogP contribution in [-0.4, -0.2) is 22.9 Å². The van der Waals surface area contributed by atoms with Crippen molar-refractivity contribution in [2.24, 2.45) is 9.98 Å². The minimum Gasteiger partial charge on any atom is -0.282 e. The van der Waals surface area contributed by atoms with Gasteiger partial charge in [-0.25, -0.2) is 15.0 Å². The van der Waals surface area contributed by atoms with Gasteiger partial charge in [0.05, 0.1) is 10.2 Å². The molecule has 0 aliphatic heterocycles. The molecule has 0 unspecified atom stereocenters. The van der Waals surface area contributed by atoms with Gasteiger partial charge in [0.25, 0.3) is 0 Å². The van der Waals surface area contributed by atoms with E-state index in [-0.39, 0.29) is 5.84 Å². The summed E-state index contributed by atoms with van der Waals surface area (Å²) in [6.45, 7) is 0. The van der Waals surface area contributed by atoms with E-state index in [9.17, 15) is 0 Å². The van der Waals surface area contributed by atoms with Gasteiger partial charge in [0.15, 0.2) is 11.7 Å². The summed E-state index contributed by atoms with van der Waals surface area (Å²) in [5, 5.41) is 16.9. The maximum atomic E-state index is 8.91. The van der Waals surface area contributed by atoms with Crippen molar-refractivity contribution in [3.63, 3.8) is 0 Å². The van der Waals surface area contributed by atoms with Gasteiger partial charge < -0.3 is 0 Å². The van der Waals surface area contributed by atoms with Gasteiger partial charge in [-0.15, -0.1) is 11.3 Å². The van der Waals surface area contributed by atoms with E-state index in [1.165, 1.54) is 21.5 Å². The van der Waals surface area contributed by atoms with Gasteiger partial charge in [-0.2, -0.15) is 0 Å². The zero-order valence-corrected chi connectivity index (χ0v) is 25.0. The van der Waals surface area contributed by atoms with Crippen LogP contribution in [0.2, 0.25) is 0 Å². The number of hydrogen-bond acceptors (Lipinski definition) is 3. The Balaban J connectivity index is 1.19. The Morgan fingerprint density at radius 1 is 0.600 bits per heavy atom. The van der Waals surface area contributed by atoms with Crippen LogP contribution in [0.4, 0.5) is 0 Å². The standard InChI is InChI=1S/C40H26N4S/c41-38(44-39(27-13-5-2-6-14-27)42-25-26-11-3-1-4-12-26)30-19-21-32-29(23-30)20-22-36-37(32)43-40(45-36)35-24-28-15-7-8-16-31(28)33-17-9-10-18-34(33)35/h1-25,41H. The number of aromatic nitrogens is 1. The molecule has 0 fully saturated rings. The molecule has 0 saturated carbocycles. The Hall–Kier alpha value is -5.78. The fraction of sp³-hybridized carbons (Fsp3) is 0. The van der Waals surface area contributed by atoms with E-state index in [2.05, 4.69) is 82.8 Å². The quantitative estimate of drug-likeness (QED) is 0.123. The van der Waals surface area contributed by atoms with E-state index in [1.807, 2.05) is 72.8 Å². The van der Waals surface area contributed by atoms with Crippen LogP contribution in [0.3, 0.4) is 0 Å². The van der Waals surface area contributed by atoms with Gasteiger partial charge in [0.1, 0.15) is 5.01 Å². The first-order chi connectivity index (χ1) is 22.2. The Morgan fingerprint density at radius 2 is 1.29 bits per heavy atom. The molecule has 0 saturated heterocycles. The summed E-state index contributed by atoms with van der Waals surface area (Å²) < 4.78 is 1.14. The summed E-state index contributed by atoms with van der Waals surface area (Å²) in [4.78, 5) is 14.6. The molecule has 7 aromatic carbocycles. The minimum atomic E-state index is 0.155. The van der Waals surface area contributed by atoms with Crippen LogP contribution in [0.25, 0.3) is 53.1 Å². The third-order valence-electron chi connectivity index (χ3n) is 8.03. The second-order valence-electron chi connectivity index (χ2n) is 10.9. The lowest BCUT2D eigenvalue weighted by atomic mass is 9.97. The summed E-state index contributed by atoms with van der Waals surface area (Å²) in [7, 11) is 0. The highest BCUT2D eigenvalue weighted by Crippen LogP contribution is 2.40. The van der Waals surface area contributed by atoms with Gasteiger partial charge in [0.2, 0.25) is 0 Å². The van der Waals surface area contributed by atoms with Gasteiger partial charge in [-0.3, -0.25) is 5.41 Å². The number of benzene rings is 7. The maximum absolute atomic E-state index is 8.91. The zero-order chi connectivity index (χ0) is 30.2. The molecule has 5 heteroatoms. The van der Waals surface area contributed by atoms with Crippen molar-refractivity contribution in [3.05, 3.63) is 162 Å². The highest BCUT2D eigenvalue weighted by atomic mass is 32.1. The monoisotopic (exact) mass is 594 g/mol. The van der Waals surface area contributed by atoms with Gasteiger partial charge in [-0.05, 0) is 50.7 Å². The van der Waals surface area contributed by atoms with E-state index in [4.69, 9.17) is 10.4 Å². The molecule has 0 atom stereocenters. The number of amidine groups is 2. The summed E-state index contributed by atoms with van der Waals surface area (Å²) >= 11 is 1.72. The number of rotatable bonds is 4. The van der Waals surface area contributed by atoms with Crippen LogP contribution in [0.1, 0.15) is 16.7 Å². The van der Waals surface area contributed by atoms with Crippen molar-refractivity contribution in [3.8, 4) is 10.6 Å². The SMILES string of the molecule is N=C(N=C(N=Cc1ccccc1)c1ccccc1)c1ccc2c(ccc3sc(-c4cc5ccccc5c5ccccc45)nc32)c1. The van der Waals surface area contributed by atoms with Crippen LogP contribution >= 0.6 is 11.3 Å². The van der Waals surface area contributed by atoms with Crippen LogP contribution < -0.4 is 0 Å². The van der Waals surface area contributed by atoms with Crippen molar-refractivity contribution >= 4 is 71.8 Å². The molecule has 0 spiro atoms. The summed E-state index contributed by atoms with van der Waals surface area (Å²) in [6.07, 6.45) is 1.79. The molecule has 0 radical (unpaired) electrons. The molecule has 0 aliphatic rings. The van der Waals surface area contributed by atoms with E-state index in [0.29, 0.717) is 5.84 Å². The first-order valence-corrected chi connectivity index (χ1v) is 15.6. The number of nitrogens with zero attached hydrogens (tertiary/aromatic N) is 3. The Morgan fingerprint density at radius 3 is 2.11 bits per heavy atom. The van der Waals surface area contributed by atoms with E-state index in [0.717, 1.165) is 48.3 Å². The second-order valence-corrected chi connectivity index (χ2v) is 11.9. The second kappa shape index (κ2) is 11.4. The average Bonchev–Trinajstić information content (AvgIpc) is 3.55. The van der Waals surface area contributed by atoms with Crippen LogP contribution in [0.15, 0.2) is 156 Å². The van der Waals surface area contributed by atoms with E-state index >= 15 is 0 Å². The van der Waals surface area contributed by atoms with Gasteiger partial charge in [-0.1, -0.05) is 127 Å². The maximum Gasteiger partial charge on any atom is 0.161 e. The lowest BCUT2D eigenvalue weighted by Gasteiger charge is -2.08. The molecule has 8 rings (SSSR count). The number of thiazole rings is 1. The topological polar surface area (TPSA) is 61.5 Å². The summed E-state index contributed by atoms with van der Waals surface area (Å²) in [6, 6.07) is 49.4. The molecular formula is C40H26N4S. The molecule has 0 aliphatic carbocycles. The van der Waals surface area contributed by atoms with Gasteiger partial charge in [0, 0.05) is 28.3 Å². The third kappa shape index (κ3) is 5.09. The molecule has 4 nitrogen and oxygen atoms in total. The number of aliphatic imine (C=N–C) groups is 2. The van der Waals surface area contributed by atoms with Gasteiger partial charge >= 0.3 is 0 Å². The first-order valence-electron chi connectivity index (χ1n) is 14.8. The molecule has 0 amide bonds. The predicted octanol–water partition coefficient (Wildman–Crippen LogP) is 10.3. The van der Waals surface area contributed by atoms with Crippen molar-refractivity contribution in [2.45, 2.75) is 0 Å². The lowest BCUT2D eigenvalue weighted by Crippen LogP contribution is -2.04. The predicted molar refractivity (Wildman–Crippen MR) is 191 cm³/mol. The molecule has 1 heterocycles. The Bertz CT molecular complexity index is 2440. The lowest BCUT2D eigenvalue weighted by molar-refractivity contribution is 1.40. The number of hydrogen-bond donors (Lipinski definition) is 1. The summed E-state index contributed by atoms with van der Waals surface area (Å²) in [5.41, 5.74) is 4.68. The largest absolute Gasteiger partial charge is 0.282 e. The third-order valence-corrected chi connectivity index (χ3v) is 9.09. The summed E-state index contributed by atoms with van der Waals surface area (Å²) in [5.74, 6) is 0.648. The molecule has 8 aromatic rings. The van der Waals surface area contributed by atoms with Crippen LogP contribution in [0, 0.1) is 5.41 Å². The normalized spacial score (nSPS) is 12.1. The molecule has 1 N–H and O–H groups in total. The van der Waals surface area contributed by atoms with E-state index < -0.39 is 0 Å². The van der Waals surface area contributed by atoms with Crippen molar-refractivity contribution in [1.82, 2.24) is 4.98 Å².